The number of aliphatic hydroxyl groups is 2. The number of fused-ring (bicyclic) bond motifs is 3. The molecule has 6 atom stereocenters. The Balaban J connectivity index is 1.40. The Morgan fingerprint density at radius 2 is 1.77 bits per heavy atom. The summed E-state index contributed by atoms with van der Waals surface area (Å²) in [5.41, 5.74) is 2.87. The summed E-state index contributed by atoms with van der Waals surface area (Å²) in [4.78, 5) is 25.1. The van der Waals surface area contributed by atoms with Crippen molar-refractivity contribution in [2.24, 2.45) is 22.9 Å². The number of carbonyl (C=O) groups is 1. The topological polar surface area (TPSA) is 113 Å². The summed E-state index contributed by atoms with van der Waals surface area (Å²) in [5, 5.41) is 26.8. The third-order valence-corrected chi connectivity index (χ3v) is 12.1. The van der Waals surface area contributed by atoms with Crippen molar-refractivity contribution < 1.29 is 34.1 Å². The second-order valence-electron chi connectivity index (χ2n) is 17.1. The molecule has 2 aliphatic carbocycles. The third-order valence-electron chi connectivity index (χ3n) is 12.1. The predicted molar refractivity (Wildman–Crippen MR) is 224 cm³/mol. The Hall–Kier alpha value is -4.22. The van der Waals surface area contributed by atoms with Gasteiger partial charge in [0.2, 0.25) is 5.79 Å². The van der Waals surface area contributed by atoms with Gasteiger partial charge in [-0.2, -0.15) is 0 Å². The summed E-state index contributed by atoms with van der Waals surface area (Å²) in [7, 11) is 1.85. The van der Waals surface area contributed by atoms with Gasteiger partial charge in [0.25, 0.3) is 5.91 Å². The lowest BCUT2D eigenvalue weighted by molar-refractivity contribution is -0.252. The molecule has 1 saturated heterocycles. The first-order valence-electron chi connectivity index (χ1n) is 20.9. The summed E-state index contributed by atoms with van der Waals surface area (Å²) in [6.45, 7) is 14.2. The van der Waals surface area contributed by atoms with Crippen LogP contribution in [0.2, 0.25) is 0 Å². The number of ether oxygens (including phenoxy) is 3. The van der Waals surface area contributed by atoms with Crippen molar-refractivity contribution in [3.05, 3.63) is 96.1 Å². The molecule has 2 fully saturated rings. The van der Waals surface area contributed by atoms with Gasteiger partial charge in [0.05, 0.1) is 18.2 Å². The molecular weight excluding hydrogens is 719 g/mol. The number of carbonyl (C=O) groups excluding carboxylic acids is 1. The number of hydrogen-bond acceptors (Lipinski definition) is 9. The number of allylic oxidation sites excluding steroid dienone is 1. The molecule has 2 aliphatic heterocycles. The molecule has 57 heavy (non-hydrogen) atoms. The quantitative estimate of drug-likeness (QED) is 0.0584. The molecule has 0 radical (unpaired) electrons. The highest BCUT2D eigenvalue weighted by Crippen LogP contribution is 2.62. The van der Waals surface area contributed by atoms with E-state index in [1.54, 1.807) is 11.0 Å². The van der Waals surface area contributed by atoms with Gasteiger partial charge in [-0.15, -0.1) is 6.58 Å². The van der Waals surface area contributed by atoms with Crippen LogP contribution in [0, 0.1) is 17.8 Å². The minimum Gasteiger partial charge on any atom is -0.492 e. The fraction of sp³-hybridized carbons (Fsp3) is 0.532. The van der Waals surface area contributed by atoms with Gasteiger partial charge >= 0.3 is 0 Å². The summed E-state index contributed by atoms with van der Waals surface area (Å²) < 4.78 is 20.8. The number of rotatable bonds is 18. The SMILES string of the molecule is C=CCO[C@@]12Oc3ccc(OCCN4CC4)cc3[C@H]3[C@H](CCCCO)[C@@H](CCCCO)C=C(C(=NOC(C)(C)C)C[C@@H]1N(C)C(=O)c1ccc4ccccc4c1)[C@H]32. The van der Waals surface area contributed by atoms with E-state index in [1.807, 2.05) is 82.4 Å². The fourth-order valence-corrected chi connectivity index (χ4v) is 9.26. The van der Waals surface area contributed by atoms with E-state index in [0.29, 0.717) is 30.8 Å². The maximum absolute atomic E-state index is 14.8. The summed E-state index contributed by atoms with van der Waals surface area (Å²) in [6, 6.07) is 19.4. The van der Waals surface area contributed by atoms with Crippen LogP contribution in [0.4, 0.5) is 0 Å². The maximum atomic E-state index is 14.8. The number of aliphatic hydroxyl groups excluding tert-OH is 2. The lowest BCUT2D eigenvalue weighted by Crippen LogP contribution is -2.69. The first-order chi connectivity index (χ1) is 27.6. The largest absolute Gasteiger partial charge is 0.492 e. The number of nitrogens with zero attached hydrogens (tertiary/aromatic N) is 3. The van der Waals surface area contributed by atoms with Gasteiger partial charge in [-0.1, -0.05) is 60.5 Å². The average molecular weight is 780 g/mol. The van der Waals surface area contributed by atoms with Crippen LogP contribution in [-0.2, 0) is 9.57 Å². The van der Waals surface area contributed by atoms with E-state index >= 15 is 0 Å². The van der Waals surface area contributed by atoms with Gasteiger partial charge in [0.1, 0.15) is 29.7 Å². The van der Waals surface area contributed by atoms with Crippen LogP contribution in [0.5, 0.6) is 11.5 Å². The van der Waals surface area contributed by atoms with Gasteiger partial charge in [-0.25, -0.2) is 0 Å². The summed E-state index contributed by atoms with van der Waals surface area (Å²) >= 11 is 0. The van der Waals surface area contributed by atoms with Crippen molar-refractivity contribution in [2.45, 2.75) is 89.1 Å². The van der Waals surface area contributed by atoms with Crippen molar-refractivity contribution in [3.8, 4) is 11.5 Å². The van der Waals surface area contributed by atoms with Crippen LogP contribution in [-0.4, -0.2) is 102 Å². The van der Waals surface area contributed by atoms with Gasteiger partial charge in [-0.05, 0) is 105 Å². The molecular formula is C47H61N3O7. The molecule has 0 bridgehead atoms. The number of likely N-dealkylation sites (N-methyl/N-ethyl adjacent to an activating group) is 1. The lowest BCUT2D eigenvalue weighted by Gasteiger charge is -2.59. The average Bonchev–Trinajstić information content (AvgIpc) is 4.04. The highest BCUT2D eigenvalue weighted by molar-refractivity contribution is 6.04. The number of hydrogen-bond donors (Lipinski definition) is 2. The first kappa shape index (κ1) is 41.0. The van der Waals surface area contributed by atoms with Crippen LogP contribution in [0.1, 0.15) is 87.6 Å². The van der Waals surface area contributed by atoms with Crippen molar-refractivity contribution in [3.63, 3.8) is 0 Å². The van der Waals surface area contributed by atoms with E-state index in [2.05, 4.69) is 23.6 Å². The molecule has 7 rings (SSSR count). The fourth-order valence-electron chi connectivity index (χ4n) is 9.26. The third kappa shape index (κ3) is 8.94. The molecule has 0 spiro atoms. The normalized spacial score (nSPS) is 25.9. The lowest BCUT2D eigenvalue weighted by atomic mass is 9.55. The van der Waals surface area contributed by atoms with Crippen LogP contribution in [0.15, 0.2) is 90.1 Å². The van der Waals surface area contributed by atoms with E-state index in [9.17, 15) is 15.0 Å². The number of benzene rings is 3. The zero-order chi connectivity index (χ0) is 40.2. The van der Waals surface area contributed by atoms with E-state index in [-0.39, 0.29) is 49.4 Å². The minimum absolute atomic E-state index is 0.112. The van der Waals surface area contributed by atoms with E-state index in [4.69, 9.17) is 24.2 Å². The molecule has 3 aromatic rings. The van der Waals surface area contributed by atoms with E-state index in [0.717, 1.165) is 85.1 Å². The number of amides is 1. The van der Waals surface area contributed by atoms with Crippen molar-refractivity contribution >= 4 is 22.4 Å². The Morgan fingerprint density at radius 3 is 2.49 bits per heavy atom. The number of unbranched alkanes of at least 4 members (excludes halogenated alkanes) is 2. The Morgan fingerprint density at radius 1 is 1.02 bits per heavy atom. The zero-order valence-electron chi connectivity index (χ0n) is 34.2. The monoisotopic (exact) mass is 779 g/mol. The standard InChI is InChI=1S/C47H61N3O7/c1-6-26-55-47-42(49(5)45(53)35-18-17-32-13-7-8-14-33(32)28-35)31-40(48-57-46(2,3)4)38-29-34(15-9-11-24-51)37(16-10-12-25-52)43(44(38)47)39-30-36(19-20-41(39)56-47)54-27-23-50-21-22-50/h6-8,13-14,17-20,28-30,34,37,42-44,51-52H,1,9-12,15-16,21-27,31H2,2-5H3/t34-,37+,42-,43+,44+,47+/m0/s1. The first-order valence-corrected chi connectivity index (χ1v) is 20.9. The van der Waals surface area contributed by atoms with Gasteiger partial charge in [0.15, 0.2) is 0 Å². The molecule has 0 aromatic heterocycles. The summed E-state index contributed by atoms with van der Waals surface area (Å²) in [5.74, 6) is -0.156. The molecule has 10 nitrogen and oxygen atoms in total. The molecule has 1 amide bonds. The zero-order valence-corrected chi connectivity index (χ0v) is 34.2. The van der Waals surface area contributed by atoms with Gasteiger partial charge < -0.3 is 34.2 Å². The number of oxime groups is 1. The van der Waals surface area contributed by atoms with Crippen molar-refractivity contribution in [1.29, 1.82) is 0 Å². The van der Waals surface area contributed by atoms with Crippen LogP contribution in [0.25, 0.3) is 10.8 Å². The van der Waals surface area contributed by atoms with Crippen molar-refractivity contribution in [1.82, 2.24) is 9.80 Å². The maximum Gasteiger partial charge on any atom is 0.254 e. The second-order valence-corrected chi connectivity index (χ2v) is 17.1. The Kier molecular flexibility index (Phi) is 12.7. The van der Waals surface area contributed by atoms with Crippen LogP contribution < -0.4 is 9.47 Å². The summed E-state index contributed by atoms with van der Waals surface area (Å²) in [6.07, 6.45) is 9.35. The van der Waals surface area contributed by atoms with Gasteiger partial charge in [-0.3, -0.25) is 9.69 Å². The molecule has 1 saturated carbocycles. The highest BCUT2D eigenvalue weighted by atomic mass is 16.7. The Labute approximate surface area is 338 Å². The van der Waals surface area contributed by atoms with E-state index in [1.165, 1.54) is 0 Å². The molecule has 10 heteroatoms. The predicted octanol–water partition coefficient (Wildman–Crippen LogP) is 7.74. The minimum atomic E-state index is -1.31. The molecule has 0 unspecified atom stereocenters. The molecule has 2 heterocycles. The Bertz CT molecular complexity index is 1950. The highest BCUT2D eigenvalue weighted by Gasteiger charge is 2.65. The molecule has 3 aromatic carbocycles. The van der Waals surface area contributed by atoms with E-state index < -0.39 is 17.4 Å². The molecule has 4 aliphatic rings. The molecule has 306 valence electrons. The van der Waals surface area contributed by atoms with Crippen LogP contribution >= 0.6 is 0 Å². The van der Waals surface area contributed by atoms with Crippen LogP contribution in [0.3, 0.4) is 0 Å². The molecule has 2 N–H and O–H groups in total. The second kappa shape index (κ2) is 17.7. The smallest absolute Gasteiger partial charge is 0.254 e. The van der Waals surface area contributed by atoms with Gasteiger partial charge in [0, 0.05) is 63.4 Å². The van der Waals surface area contributed by atoms with Crippen molar-refractivity contribution in [2.75, 3.05) is 53.1 Å².